The number of carbonyl (C=O) groups excluding carboxylic acids is 2. The van der Waals surface area contributed by atoms with Gasteiger partial charge >= 0.3 is 0 Å². The summed E-state index contributed by atoms with van der Waals surface area (Å²) in [7, 11) is 1.54. The van der Waals surface area contributed by atoms with Crippen LogP contribution in [0.25, 0.3) is 0 Å². The highest BCUT2D eigenvalue weighted by molar-refractivity contribution is 5.99. The van der Waals surface area contributed by atoms with Crippen molar-refractivity contribution in [1.29, 1.82) is 0 Å². The molecule has 1 aromatic rings. The van der Waals surface area contributed by atoms with Crippen LogP contribution < -0.4 is 11.1 Å². The van der Waals surface area contributed by atoms with Gasteiger partial charge in [-0.3, -0.25) is 9.59 Å². The molecule has 1 atom stereocenters. The van der Waals surface area contributed by atoms with Gasteiger partial charge in [-0.25, -0.2) is 4.63 Å². The second-order valence-corrected chi connectivity index (χ2v) is 3.77. The number of anilines is 1. The van der Waals surface area contributed by atoms with Crippen LogP contribution in [-0.4, -0.2) is 46.7 Å². The van der Waals surface area contributed by atoms with Gasteiger partial charge in [0, 0.05) is 13.6 Å². The Morgan fingerprint density at radius 3 is 2.88 bits per heavy atom. The van der Waals surface area contributed by atoms with Crippen molar-refractivity contribution in [1.82, 2.24) is 20.5 Å². The highest BCUT2D eigenvalue weighted by atomic mass is 16.6. The average Bonchev–Trinajstić information content (AvgIpc) is 2.95. The molecule has 1 aromatic heterocycles. The van der Waals surface area contributed by atoms with Gasteiger partial charge in [0.1, 0.15) is 6.04 Å². The number of nitrogen functional groups attached to an aromatic ring is 1. The predicted molar refractivity (Wildman–Crippen MR) is 56.8 cm³/mol. The third-order valence-corrected chi connectivity index (χ3v) is 2.78. The summed E-state index contributed by atoms with van der Waals surface area (Å²) in [5.74, 6) is -0.668. The Bertz CT molecular complexity index is 444. The zero-order valence-corrected chi connectivity index (χ0v) is 9.34. The van der Waals surface area contributed by atoms with Crippen molar-refractivity contribution in [2.75, 3.05) is 19.3 Å². The summed E-state index contributed by atoms with van der Waals surface area (Å²) >= 11 is 0. The fourth-order valence-corrected chi connectivity index (χ4v) is 1.93. The van der Waals surface area contributed by atoms with E-state index in [2.05, 4.69) is 20.3 Å². The Morgan fingerprint density at radius 1 is 1.53 bits per heavy atom. The topological polar surface area (TPSA) is 114 Å². The lowest BCUT2D eigenvalue weighted by atomic mass is 10.2. The van der Waals surface area contributed by atoms with E-state index in [0.29, 0.717) is 13.0 Å². The average molecular weight is 239 g/mol. The van der Waals surface area contributed by atoms with Gasteiger partial charge in [-0.15, -0.1) is 0 Å². The first-order chi connectivity index (χ1) is 8.15. The van der Waals surface area contributed by atoms with Gasteiger partial charge in [0.25, 0.3) is 5.91 Å². The molecular formula is C9H13N5O3. The molecule has 1 unspecified atom stereocenters. The number of hydrogen-bond donors (Lipinski definition) is 2. The van der Waals surface area contributed by atoms with E-state index < -0.39 is 11.9 Å². The first kappa shape index (κ1) is 11.4. The van der Waals surface area contributed by atoms with Crippen molar-refractivity contribution in [3.63, 3.8) is 0 Å². The van der Waals surface area contributed by atoms with Crippen molar-refractivity contribution in [3.8, 4) is 0 Å². The minimum atomic E-state index is -0.469. The van der Waals surface area contributed by atoms with Crippen molar-refractivity contribution >= 4 is 17.6 Å². The third-order valence-electron chi connectivity index (χ3n) is 2.78. The molecule has 3 N–H and O–H groups in total. The third kappa shape index (κ3) is 1.93. The molecule has 8 nitrogen and oxygen atoms in total. The number of carbonyl (C=O) groups is 2. The predicted octanol–water partition coefficient (Wildman–Crippen LogP) is -0.998. The van der Waals surface area contributed by atoms with Crippen molar-refractivity contribution in [3.05, 3.63) is 5.69 Å². The molecule has 2 heterocycles. The number of nitrogens with zero attached hydrogens (tertiary/aromatic N) is 3. The fourth-order valence-electron chi connectivity index (χ4n) is 1.93. The Kier molecular flexibility index (Phi) is 2.94. The molecule has 17 heavy (non-hydrogen) atoms. The van der Waals surface area contributed by atoms with Crippen LogP contribution in [0.4, 0.5) is 5.82 Å². The Balaban J connectivity index is 2.19. The fraction of sp³-hybridized carbons (Fsp3) is 0.556. The van der Waals surface area contributed by atoms with Gasteiger partial charge in [0.15, 0.2) is 0 Å². The van der Waals surface area contributed by atoms with Gasteiger partial charge in [-0.05, 0) is 23.2 Å². The van der Waals surface area contributed by atoms with Crippen LogP contribution in [0, 0.1) is 0 Å². The number of likely N-dealkylation sites (N-methyl/N-ethyl adjacent to an activating group) is 1. The molecule has 1 saturated heterocycles. The van der Waals surface area contributed by atoms with Gasteiger partial charge < -0.3 is 16.0 Å². The zero-order valence-electron chi connectivity index (χ0n) is 9.34. The van der Waals surface area contributed by atoms with Gasteiger partial charge in [-0.2, -0.15) is 0 Å². The molecule has 0 saturated carbocycles. The molecule has 0 radical (unpaired) electrons. The molecule has 2 rings (SSSR count). The lowest BCUT2D eigenvalue weighted by molar-refractivity contribution is -0.124. The van der Waals surface area contributed by atoms with Crippen molar-refractivity contribution < 1.29 is 14.2 Å². The van der Waals surface area contributed by atoms with Gasteiger partial charge in [0.05, 0.1) is 0 Å². The molecule has 2 amide bonds. The normalized spacial score (nSPS) is 19.4. The molecule has 0 bridgehead atoms. The monoisotopic (exact) mass is 239 g/mol. The van der Waals surface area contributed by atoms with Crippen LogP contribution >= 0.6 is 0 Å². The Labute approximate surface area is 97.1 Å². The summed E-state index contributed by atoms with van der Waals surface area (Å²) in [5, 5.41) is 9.32. The maximum atomic E-state index is 12.1. The van der Waals surface area contributed by atoms with E-state index in [1.165, 1.54) is 11.9 Å². The Hall–Kier alpha value is -2.12. The van der Waals surface area contributed by atoms with E-state index in [-0.39, 0.29) is 17.4 Å². The molecule has 0 spiro atoms. The number of nitrogens with one attached hydrogen (secondary N) is 1. The van der Waals surface area contributed by atoms with E-state index in [1.54, 1.807) is 0 Å². The molecule has 1 aliphatic rings. The summed E-state index contributed by atoms with van der Waals surface area (Å²) in [5.41, 5.74) is 5.41. The van der Waals surface area contributed by atoms with E-state index in [9.17, 15) is 9.59 Å². The number of rotatable bonds is 2. The Morgan fingerprint density at radius 2 is 2.29 bits per heavy atom. The number of likely N-dealkylation sites (tertiary alicyclic amines) is 1. The van der Waals surface area contributed by atoms with Crippen LogP contribution in [0.5, 0.6) is 0 Å². The lowest BCUT2D eigenvalue weighted by Crippen LogP contribution is -2.45. The smallest absolute Gasteiger partial charge is 0.280 e. The quantitative estimate of drug-likeness (QED) is 0.684. The van der Waals surface area contributed by atoms with Crippen LogP contribution in [-0.2, 0) is 4.79 Å². The van der Waals surface area contributed by atoms with Crippen LogP contribution in [0.3, 0.4) is 0 Å². The second kappa shape index (κ2) is 4.40. The molecule has 0 aromatic carbocycles. The van der Waals surface area contributed by atoms with E-state index in [1.807, 2.05) is 0 Å². The number of nitrogens with two attached hydrogens (primary N) is 1. The number of aromatic nitrogens is 2. The maximum Gasteiger partial charge on any atom is 0.280 e. The molecular weight excluding hydrogens is 226 g/mol. The first-order valence-electron chi connectivity index (χ1n) is 5.25. The number of amides is 2. The van der Waals surface area contributed by atoms with Gasteiger partial charge in [-0.1, -0.05) is 0 Å². The molecule has 92 valence electrons. The molecule has 0 aliphatic carbocycles. The SMILES string of the molecule is CNC(=O)C1CCCN1C(=O)c1nonc1N. The van der Waals surface area contributed by atoms with E-state index >= 15 is 0 Å². The van der Waals surface area contributed by atoms with Crippen LogP contribution in [0.15, 0.2) is 4.63 Å². The summed E-state index contributed by atoms with van der Waals surface area (Å²) in [6.07, 6.45) is 1.41. The summed E-state index contributed by atoms with van der Waals surface area (Å²) < 4.78 is 4.37. The minimum absolute atomic E-state index is 0.0409. The summed E-state index contributed by atoms with van der Waals surface area (Å²) in [6, 6.07) is -0.469. The molecule has 1 fully saturated rings. The second-order valence-electron chi connectivity index (χ2n) is 3.77. The highest BCUT2D eigenvalue weighted by Gasteiger charge is 2.36. The summed E-state index contributed by atoms with van der Waals surface area (Å²) in [4.78, 5) is 25.1. The molecule has 1 aliphatic heterocycles. The number of hydrogen-bond acceptors (Lipinski definition) is 6. The highest BCUT2D eigenvalue weighted by Crippen LogP contribution is 2.21. The summed E-state index contributed by atoms with van der Waals surface area (Å²) in [6.45, 7) is 0.503. The standard InChI is InChI=1S/C9H13N5O3/c1-11-8(15)5-3-2-4-14(5)9(16)6-7(10)13-17-12-6/h5H,2-4H2,1H3,(H2,10,13)(H,11,15). The van der Waals surface area contributed by atoms with Crippen molar-refractivity contribution in [2.45, 2.75) is 18.9 Å². The van der Waals surface area contributed by atoms with E-state index in [0.717, 1.165) is 6.42 Å². The molecule has 8 heteroatoms. The van der Waals surface area contributed by atoms with Crippen LogP contribution in [0.2, 0.25) is 0 Å². The zero-order chi connectivity index (χ0) is 12.4. The minimum Gasteiger partial charge on any atom is -0.379 e. The van der Waals surface area contributed by atoms with Crippen molar-refractivity contribution in [2.24, 2.45) is 0 Å². The van der Waals surface area contributed by atoms with E-state index in [4.69, 9.17) is 5.73 Å². The van der Waals surface area contributed by atoms with Gasteiger partial charge in [0.2, 0.25) is 17.4 Å². The first-order valence-corrected chi connectivity index (χ1v) is 5.25. The van der Waals surface area contributed by atoms with Crippen LogP contribution in [0.1, 0.15) is 23.3 Å². The lowest BCUT2D eigenvalue weighted by Gasteiger charge is -2.21. The maximum absolute atomic E-state index is 12.1. The largest absolute Gasteiger partial charge is 0.379 e.